The Morgan fingerprint density at radius 1 is 1.28 bits per heavy atom. The second-order valence-electron chi connectivity index (χ2n) is 4.52. The first-order valence-electron chi connectivity index (χ1n) is 6.31. The van der Waals surface area contributed by atoms with E-state index in [1.807, 2.05) is 37.3 Å². The number of esters is 1. The van der Waals surface area contributed by atoms with E-state index in [1.54, 1.807) is 0 Å². The van der Waals surface area contributed by atoms with Crippen molar-refractivity contribution in [2.45, 2.75) is 26.2 Å². The summed E-state index contributed by atoms with van der Waals surface area (Å²) in [7, 11) is 0. The zero-order chi connectivity index (χ0) is 13.0. The maximum Gasteiger partial charge on any atom is 0.334 e. The van der Waals surface area contributed by atoms with Crippen LogP contribution in [0.25, 0.3) is 0 Å². The second-order valence-corrected chi connectivity index (χ2v) is 4.52. The Morgan fingerprint density at radius 2 is 2.00 bits per heavy atom. The van der Waals surface area contributed by atoms with Crippen molar-refractivity contribution in [1.29, 1.82) is 0 Å². The molecule has 1 aromatic carbocycles. The van der Waals surface area contributed by atoms with Crippen LogP contribution in [0.1, 0.15) is 31.7 Å². The van der Waals surface area contributed by atoms with E-state index in [-0.39, 0.29) is 11.9 Å². The van der Waals surface area contributed by atoms with E-state index in [0.29, 0.717) is 6.61 Å². The number of allylic oxidation sites excluding steroid dienone is 3. The molecule has 1 atom stereocenters. The van der Waals surface area contributed by atoms with Crippen molar-refractivity contribution in [3.8, 4) is 0 Å². The lowest BCUT2D eigenvalue weighted by molar-refractivity contribution is -0.138. The Hall–Kier alpha value is -1.83. The largest absolute Gasteiger partial charge is 0.463 e. The minimum atomic E-state index is -0.199. The molecule has 0 amide bonds. The Balaban J connectivity index is 2.31. The van der Waals surface area contributed by atoms with E-state index < -0.39 is 0 Å². The van der Waals surface area contributed by atoms with Gasteiger partial charge in [0.2, 0.25) is 0 Å². The van der Waals surface area contributed by atoms with Crippen molar-refractivity contribution in [3.05, 3.63) is 59.2 Å². The maximum absolute atomic E-state index is 12.0. The third-order valence-corrected chi connectivity index (χ3v) is 3.16. The van der Waals surface area contributed by atoms with Crippen LogP contribution in [-0.2, 0) is 9.53 Å². The number of hydrogen-bond acceptors (Lipinski definition) is 2. The molecule has 1 aliphatic rings. The number of benzene rings is 1. The third kappa shape index (κ3) is 2.70. The number of ether oxygens (including phenoxy) is 1. The summed E-state index contributed by atoms with van der Waals surface area (Å²) in [6.45, 7) is 4.34. The van der Waals surface area contributed by atoms with Gasteiger partial charge in [0.05, 0.1) is 6.61 Å². The smallest absolute Gasteiger partial charge is 0.334 e. The molecule has 1 aliphatic carbocycles. The van der Waals surface area contributed by atoms with Gasteiger partial charge in [-0.2, -0.15) is 0 Å². The fraction of sp³-hybridized carbons (Fsp3) is 0.312. The van der Waals surface area contributed by atoms with Crippen LogP contribution in [0.2, 0.25) is 0 Å². The van der Waals surface area contributed by atoms with Crippen LogP contribution in [0.4, 0.5) is 0 Å². The molecule has 2 rings (SSSR count). The summed E-state index contributed by atoms with van der Waals surface area (Å²) in [4.78, 5) is 12.0. The van der Waals surface area contributed by atoms with Crippen LogP contribution in [0.5, 0.6) is 0 Å². The molecule has 2 nitrogen and oxygen atoms in total. The molecule has 94 valence electrons. The Kier molecular flexibility index (Phi) is 3.98. The molecule has 0 saturated heterocycles. The quantitative estimate of drug-likeness (QED) is 0.757. The van der Waals surface area contributed by atoms with Crippen LogP contribution >= 0.6 is 0 Å². The molecule has 18 heavy (non-hydrogen) atoms. The van der Waals surface area contributed by atoms with Gasteiger partial charge in [0.25, 0.3) is 0 Å². The van der Waals surface area contributed by atoms with E-state index in [2.05, 4.69) is 19.1 Å². The molecule has 1 unspecified atom stereocenters. The topological polar surface area (TPSA) is 26.3 Å². The minimum absolute atomic E-state index is 0.121. The van der Waals surface area contributed by atoms with Gasteiger partial charge in [0.15, 0.2) is 0 Å². The first-order valence-corrected chi connectivity index (χ1v) is 6.31. The monoisotopic (exact) mass is 242 g/mol. The summed E-state index contributed by atoms with van der Waals surface area (Å²) in [5.74, 6) is -0.0784. The second kappa shape index (κ2) is 5.67. The van der Waals surface area contributed by atoms with E-state index >= 15 is 0 Å². The Morgan fingerprint density at radius 3 is 2.67 bits per heavy atom. The van der Waals surface area contributed by atoms with Crippen LogP contribution in [0.3, 0.4) is 0 Å². The molecule has 0 saturated carbocycles. The van der Waals surface area contributed by atoms with Crippen molar-refractivity contribution in [1.82, 2.24) is 0 Å². The summed E-state index contributed by atoms with van der Waals surface area (Å²) in [6.07, 6.45) is 4.79. The average molecular weight is 242 g/mol. The average Bonchev–Trinajstić information content (AvgIpc) is 2.40. The fourth-order valence-corrected chi connectivity index (χ4v) is 2.26. The number of carbonyl (C=O) groups is 1. The number of hydrogen-bond donors (Lipinski definition) is 0. The summed E-state index contributed by atoms with van der Waals surface area (Å²) in [5, 5.41) is 0. The first kappa shape index (κ1) is 12.6. The van der Waals surface area contributed by atoms with Crippen molar-refractivity contribution < 1.29 is 9.53 Å². The number of rotatable bonds is 3. The molecule has 0 aliphatic heterocycles. The zero-order valence-electron chi connectivity index (χ0n) is 10.8. The molecule has 0 N–H and O–H groups in total. The highest BCUT2D eigenvalue weighted by atomic mass is 16.5. The molecule has 2 heteroatoms. The minimum Gasteiger partial charge on any atom is -0.463 e. The Labute approximate surface area is 108 Å². The van der Waals surface area contributed by atoms with Gasteiger partial charge in [0, 0.05) is 11.5 Å². The Bertz CT molecular complexity index is 483. The SMILES string of the molecule is CCOC(=O)C1=CC=C(C)CC1c1ccccc1. The van der Waals surface area contributed by atoms with Gasteiger partial charge in [-0.1, -0.05) is 48.1 Å². The molecule has 0 spiro atoms. The van der Waals surface area contributed by atoms with Crippen LogP contribution in [0.15, 0.2) is 53.6 Å². The van der Waals surface area contributed by atoms with Gasteiger partial charge in [-0.3, -0.25) is 0 Å². The molecule has 1 aromatic rings. The molecular formula is C16H18O2. The van der Waals surface area contributed by atoms with Crippen LogP contribution < -0.4 is 0 Å². The summed E-state index contributed by atoms with van der Waals surface area (Å²) in [6, 6.07) is 10.1. The first-order chi connectivity index (χ1) is 8.72. The highest BCUT2D eigenvalue weighted by Gasteiger charge is 2.25. The predicted molar refractivity (Wildman–Crippen MR) is 72.3 cm³/mol. The lowest BCUT2D eigenvalue weighted by Gasteiger charge is -2.23. The zero-order valence-corrected chi connectivity index (χ0v) is 10.8. The molecule has 0 fully saturated rings. The molecule has 0 heterocycles. The molecular weight excluding hydrogens is 224 g/mol. The lowest BCUT2D eigenvalue weighted by atomic mass is 9.82. The van der Waals surface area contributed by atoms with Gasteiger partial charge in [0.1, 0.15) is 0 Å². The standard InChI is InChI=1S/C16H18O2/c1-3-18-16(17)14-10-9-12(2)11-15(14)13-7-5-4-6-8-13/h4-10,15H,3,11H2,1-2H3. The summed E-state index contributed by atoms with van der Waals surface area (Å²) < 4.78 is 5.13. The van der Waals surface area contributed by atoms with Crippen LogP contribution in [0, 0.1) is 0 Å². The molecule has 0 aromatic heterocycles. The molecule has 0 bridgehead atoms. The maximum atomic E-state index is 12.0. The van der Waals surface area contributed by atoms with Gasteiger partial charge < -0.3 is 4.74 Å². The van der Waals surface area contributed by atoms with Gasteiger partial charge in [-0.25, -0.2) is 4.79 Å². The highest BCUT2D eigenvalue weighted by molar-refractivity contribution is 5.91. The fourth-order valence-electron chi connectivity index (χ4n) is 2.26. The van der Waals surface area contributed by atoms with Crippen molar-refractivity contribution in [2.24, 2.45) is 0 Å². The molecule has 0 radical (unpaired) electrons. The van der Waals surface area contributed by atoms with Gasteiger partial charge >= 0.3 is 5.97 Å². The lowest BCUT2D eigenvalue weighted by Crippen LogP contribution is -2.17. The van der Waals surface area contributed by atoms with Gasteiger partial charge in [-0.15, -0.1) is 0 Å². The van der Waals surface area contributed by atoms with E-state index in [1.165, 1.54) is 11.1 Å². The van der Waals surface area contributed by atoms with Gasteiger partial charge in [-0.05, 0) is 25.8 Å². The van der Waals surface area contributed by atoms with Crippen molar-refractivity contribution in [3.63, 3.8) is 0 Å². The van der Waals surface area contributed by atoms with E-state index in [0.717, 1.165) is 12.0 Å². The predicted octanol–water partition coefficient (Wildman–Crippen LogP) is 3.61. The van der Waals surface area contributed by atoms with E-state index in [9.17, 15) is 4.79 Å². The summed E-state index contributed by atoms with van der Waals surface area (Å²) in [5.41, 5.74) is 3.22. The van der Waals surface area contributed by atoms with Crippen molar-refractivity contribution >= 4 is 5.97 Å². The number of carbonyl (C=O) groups excluding carboxylic acids is 1. The highest BCUT2D eigenvalue weighted by Crippen LogP contribution is 2.34. The normalized spacial score (nSPS) is 18.9. The summed E-state index contributed by atoms with van der Waals surface area (Å²) >= 11 is 0. The van der Waals surface area contributed by atoms with E-state index in [4.69, 9.17) is 4.74 Å². The van der Waals surface area contributed by atoms with Crippen molar-refractivity contribution in [2.75, 3.05) is 6.61 Å². The van der Waals surface area contributed by atoms with Crippen LogP contribution in [-0.4, -0.2) is 12.6 Å². The third-order valence-electron chi connectivity index (χ3n) is 3.16.